The molecule has 1 rings (SSSR count). The third-order valence-electron chi connectivity index (χ3n) is 4.25. The van der Waals surface area contributed by atoms with Gasteiger partial charge >= 0.3 is 0 Å². The van der Waals surface area contributed by atoms with Crippen molar-refractivity contribution in [3.8, 4) is 0 Å². The van der Waals surface area contributed by atoms with Crippen molar-refractivity contribution < 1.29 is 8.42 Å². The van der Waals surface area contributed by atoms with Crippen LogP contribution in [0.5, 0.6) is 0 Å². The van der Waals surface area contributed by atoms with E-state index >= 15 is 0 Å². The lowest BCUT2D eigenvalue weighted by molar-refractivity contribution is 0.515. The van der Waals surface area contributed by atoms with Crippen LogP contribution < -0.4 is 4.72 Å². The molecule has 0 bridgehead atoms. The number of unbranched alkanes of at least 4 members (excludes halogenated alkanes) is 7. The van der Waals surface area contributed by atoms with E-state index in [0.717, 1.165) is 18.4 Å². The van der Waals surface area contributed by atoms with Gasteiger partial charge in [0.1, 0.15) is 0 Å². The zero-order chi connectivity index (χ0) is 17.8. The molecule has 0 amide bonds. The first kappa shape index (κ1) is 21.7. The zero-order valence-electron chi connectivity index (χ0n) is 15.1. The molecular weight excluding hydrogens is 386 g/mol. The van der Waals surface area contributed by atoms with Crippen LogP contribution in [-0.4, -0.2) is 19.8 Å². The molecule has 24 heavy (non-hydrogen) atoms. The highest BCUT2D eigenvalue weighted by atomic mass is 79.9. The number of hydrogen-bond acceptors (Lipinski definition) is 2. The lowest BCUT2D eigenvalue weighted by Gasteiger charge is -2.16. The molecule has 0 aromatic heterocycles. The number of aryl methyl sites for hydroxylation is 1. The van der Waals surface area contributed by atoms with Crippen molar-refractivity contribution in [2.45, 2.75) is 82.6 Å². The van der Waals surface area contributed by atoms with Gasteiger partial charge in [0.05, 0.1) is 4.90 Å². The molecule has 0 saturated heterocycles. The zero-order valence-corrected chi connectivity index (χ0v) is 17.5. The molecular formula is C19H32BrNO2S. The van der Waals surface area contributed by atoms with Crippen LogP contribution in [0, 0.1) is 6.92 Å². The predicted molar refractivity (Wildman–Crippen MR) is 106 cm³/mol. The van der Waals surface area contributed by atoms with Crippen LogP contribution in [0.2, 0.25) is 0 Å². The minimum Gasteiger partial charge on any atom is -0.207 e. The second-order valence-corrected chi connectivity index (χ2v) is 8.91. The molecule has 1 N–H and O–H groups in total. The van der Waals surface area contributed by atoms with E-state index in [9.17, 15) is 8.42 Å². The smallest absolute Gasteiger partial charge is 0.207 e. The lowest BCUT2D eigenvalue weighted by atomic mass is 10.1. The number of hydrogen-bond donors (Lipinski definition) is 1. The van der Waals surface area contributed by atoms with Crippen molar-refractivity contribution in [1.29, 1.82) is 0 Å². The quantitative estimate of drug-likeness (QED) is 0.336. The molecule has 3 nitrogen and oxygen atoms in total. The van der Waals surface area contributed by atoms with Gasteiger partial charge in [-0.1, -0.05) is 91.9 Å². The maximum atomic E-state index is 12.4. The van der Waals surface area contributed by atoms with Gasteiger partial charge in [0, 0.05) is 11.4 Å². The Morgan fingerprint density at radius 1 is 0.958 bits per heavy atom. The molecule has 0 aliphatic heterocycles. The molecule has 138 valence electrons. The summed E-state index contributed by atoms with van der Waals surface area (Å²) < 4.78 is 27.7. The Morgan fingerprint density at radius 2 is 1.50 bits per heavy atom. The molecule has 0 heterocycles. The molecule has 0 radical (unpaired) electrons. The summed E-state index contributed by atoms with van der Waals surface area (Å²) in [4.78, 5) is 0.343. The normalized spacial score (nSPS) is 13.1. The standard InChI is InChI=1S/C19H32BrNO2S/c1-3-4-5-6-7-8-9-10-11-18(16-20)21-24(22,23)19-14-12-17(2)13-15-19/h12-15,18,21H,3-11,16H2,1-2H3. The molecule has 5 heteroatoms. The van der Waals surface area contributed by atoms with Crippen LogP contribution in [0.15, 0.2) is 29.2 Å². The fourth-order valence-corrected chi connectivity index (χ4v) is 4.67. The van der Waals surface area contributed by atoms with E-state index in [4.69, 9.17) is 0 Å². The van der Waals surface area contributed by atoms with Crippen molar-refractivity contribution in [2.24, 2.45) is 0 Å². The van der Waals surface area contributed by atoms with Gasteiger partial charge in [-0.05, 0) is 25.5 Å². The molecule has 1 atom stereocenters. The summed E-state index contributed by atoms with van der Waals surface area (Å²) in [7, 11) is -3.43. The Bertz CT molecular complexity index is 543. The maximum absolute atomic E-state index is 12.4. The third kappa shape index (κ3) is 8.63. The van der Waals surface area contributed by atoms with E-state index < -0.39 is 10.0 Å². The van der Waals surface area contributed by atoms with Gasteiger partial charge in [-0.25, -0.2) is 13.1 Å². The lowest BCUT2D eigenvalue weighted by Crippen LogP contribution is -2.36. The SMILES string of the molecule is CCCCCCCCCCC(CBr)NS(=O)(=O)c1ccc(C)cc1. The topological polar surface area (TPSA) is 46.2 Å². The van der Waals surface area contributed by atoms with Gasteiger partial charge in [-0.3, -0.25) is 0 Å². The highest BCUT2D eigenvalue weighted by Gasteiger charge is 2.18. The average molecular weight is 418 g/mol. The van der Waals surface area contributed by atoms with E-state index in [0.29, 0.717) is 10.2 Å². The number of alkyl halides is 1. The van der Waals surface area contributed by atoms with Crippen molar-refractivity contribution in [3.05, 3.63) is 29.8 Å². The Kier molecular flexibility index (Phi) is 10.9. The Hall–Kier alpha value is -0.390. The number of nitrogens with one attached hydrogen (secondary N) is 1. The van der Waals surface area contributed by atoms with Crippen molar-refractivity contribution in [3.63, 3.8) is 0 Å². The molecule has 0 aliphatic rings. The summed E-state index contributed by atoms with van der Waals surface area (Å²) in [6.07, 6.45) is 11.0. The first-order valence-corrected chi connectivity index (χ1v) is 11.7. The minimum absolute atomic E-state index is 0.0450. The average Bonchev–Trinajstić information content (AvgIpc) is 2.56. The van der Waals surface area contributed by atoms with Crippen molar-refractivity contribution in [1.82, 2.24) is 4.72 Å². The van der Waals surface area contributed by atoms with Crippen molar-refractivity contribution in [2.75, 3.05) is 5.33 Å². The van der Waals surface area contributed by atoms with Crippen LogP contribution >= 0.6 is 15.9 Å². The van der Waals surface area contributed by atoms with E-state index in [1.165, 1.54) is 44.9 Å². The van der Waals surface area contributed by atoms with E-state index in [-0.39, 0.29) is 6.04 Å². The van der Waals surface area contributed by atoms with Crippen LogP contribution in [-0.2, 0) is 10.0 Å². The second-order valence-electron chi connectivity index (χ2n) is 6.55. The number of halogens is 1. The summed E-state index contributed by atoms with van der Waals surface area (Å²) in [5, 5.41) is 0.647. The molecule has 1 aromatic carbocycles. The van der Waals surface area contributed by atoms with Crippen molar-refractivity contribution >= 4 is 26.0 Å². The molecule has 0 fully saturated rings. The largest absolute Gasteiger partial charge is 0.240 e. The van der Waals surface area contributed by atoms with Gasteiger partial charge in [0.15, 0.2) is 0 Å². The molecule has 0 aliphatic carbocycles. The highest BCUT2D eigenvalue weighted by molar-refractivity contribution is 9.09. The third-order valence-corrected chi connectivity index (χ3v) is 6.56. The predicted octanol–water partition coefficient (Wildman–Crippen LogP) is 5.57. The van der Waals surface area contributed by atoms with Gasteiger partial charge in [0.25, 0.3) is 0 Å². The highest BCUT2D eigenvalue weighted by Crippen LogP contribution is 2.15. The monoisotopic (exact) mass is 417 g/mol. The molecule has 1 unspecified atom stereocenters. The first-order valence-electron chi connectivity index (χ1n) is 9.14. The van der Waals surface area contributed by atoms with Crippen LogP contribution in [0.25, 0.3) is 0 Å². The summed E-state index contributed by atoms with van der Waals surface area (Å²) >= 11 is 3.44. The summed E-state index contributed by atoms with van der Waals surface area (Å²) in [6, 6.07) is 6.95. The first-order chi connectivity index (χ1) is 11.5. The fourth-order valence-electron chi connectivity index (χ4n) is 2.70. The summed E-state index contributed by atoms with van der Waals surface area (Å²) in [5.41, 5.74) is 1.06. The van der Waals surface area contributed by atoms with Gasteiger partial charge in [-0.15, -0.1) is 0 Å². The Labute approximate surface area is 156 Å². The molecule has 0 saturated carbocycles. The fraction of sp³-hybridized carbons (Fsp3) is 0.684. The van der Waals surface area contributed by atoms with E-state index in [2.05, 4.69) is 27.6 Å². The van der Waals surface area contributed by atoms with Crippen LogP contribution in [0.4, 0.5) is 0 Å². The minimum atomic E-state index is -3.43. The van der Waals surface area contributed by atoms with E-state index in [1.807, 2.05) is 19.1 Å². The van der Waals surface area contributed by atoms with Gasteiger partial charge in [0.2, 0.25) is 10.0 Å². The second kappa shape index (κ2) is 12.0. The summed E-state index contributed by atoms with van der Waals surface area (Å²) in [5.74, 6) is 0. The Morgan fingerprint density at radius 3 is 2.04 bits per heavy atom. The number of rotatable bonds is 13. The van der Waals surface area contributed by atoms with Crippen LogP contribution in [0.1, 0.15) is 70.3 Å². The molecule has 1 aromatic rings. The van der Waals surface area contributed by atoms with Gasteiger partial charge in [-0.2, -0.15) is 0 Å². The number of sulfonamides is 1. The maximum Gasteiger partial charge on any atom is 0.240 e. The van der Waals surface area contributed by atoms with Crippen LogP contribution in [0.3, 0.4) is 0 Å². The number of benzene rings is 1. The summed E-state index contributed by atoms with van der Waals surface area (Å²) in [6.45, 7) is 4.19. The Balaban J connectivity index is 2.32. The van der Waals surface area contributed by atoms with E-state index in [1.54, 1.807) is 12.1 Å². The molecule has 0 spiro atoms. The van der Waals surface area contributed by atoms with Gasteiger partial charge < -0.3 is 0 Å².